The first-order chi connectivity index (χ1) is 20.3. The molecule has 3 rings (SSSR count). The molecular formula is C41H59O3P. The fourth-order valence-electron chi connectivity index (χ4n) is 5.08. The van der Waals surface area contributed by atoms with E-state index < -0.39 is 8.60 Å². The van der Waals surface area contributed by atoms with E-state index in [1.54, 1.807) is 0 Å². The van der Waals surface area contributed by atoms with E-state index in [4.69, 9.17) is 13.6 Å². The molecule has 0 unspecified atom stereocenters. The predicted octanol–water partition coefficient (Wildman–Crippen LogP) is 13.0. The van der Waals surface area contributed by atoms with Gasteiger partial charge in [0.05, 0.1) is 0 Å². The monoisotopic (exact) mass is 630 g/mol. The Bertz CT molecular complexity index is 1440. The van der Waals surface area contributed by atoms with Gasteiger partial charge >= 0.3 is 8.60 Å². The van der Waals surface area contributed by atoms with Crippen LogP contribution in [-0.4, -0.2) is 0 Å². The smallest absolute Gasteiger partial charge is 0.408 e. The quantitative estimate of drug-likeness (QED) is 0.243. The van der Waals surface area contributed by atoms with Gasteiger partial charge in [0.1, 0.15) is 17.2 Å². The second-order valence-corrected chi connectivity index (χ2v) is 18.7. The molecular weight excluding hydrogens is 571 g/mol. The summed E-state index contributed by atoms with van der Waals surface area (Å²) in [5, 5.41) is 0. The molecule has 0 saturated carbocycles. The molecule has 4 heteroatoms. The molecule has 0 amide bonds. The Kier molecular flexibility index (Phi) is 10.4. The molecule has 0 N–H and O–H groups in total. The van der Waals surface area contributed by atoms with Crippen LogP contribution in [-0.2, 0) is 27.1 Å². The molecule has 0 atom stereocenters. The van der Waals surface area contributed by atoms with Gasteiger partial charge < -0.3 is 13.6 Å². The normalized spacial score (nSPS) is 13.2. The van der Waals surface area contributed by atoms with Gasteiger partial charge in [-0.2, -0.15) is 0 Å². The highest BCUT2D eigenvalue weighted by Crippen LogP contribution is 2.50. The van der Waals surface area contributed by atoms with Gasteiger partial charge in [-0.1, -0.05) is 146 Å². The van der Waals surface area contributed by atoms with E-state index in [2.05, 4.69) is 159 Å². The van der Waals surface area contributed by atoms with E-state index >= 15 is 0 Å². The maximum absolute atomic E-state index is 6.86. The van der Waals surface area contributed by atoms with Crippen molar-refractivity contribution in [3.8, 4) is 17.2 Å². The summed E-state index contributed by atoms with van der Waals surface area (Å²) in [4.78, 5) is 0. The van der Waals surface area contributed by atoms with Gasteiger partial charge in [-0.25, -0.2) is 0 Å². The Hall–Kier alpha value is -2.77. The zero-order chi connectivity index (χ0) is 34.3. The lowest BCUT2D eigenvalue weighted by Gasteiger charge is -2.30. The lowest BCUT2D eigenvalue weighted by atomic mass is 9.80. The lowest BCUT2D eigenvalue weighted by molar-refractivity contribution is 0.372. The topological polar surface area (TPSA) is 27.7 Å². The zero-order valence-corrected chi connectivity index (χ0v) is 32.0. The Morgan fingerprint density at radius 1 is 0.467 bits per heavy atom. The summed E-state index contributed by atoms with van der Waals surface area (Å²) < 4.78 is 20.6. The molecule has 0 spiro atoms. The van der Waals surface area contributed by atoms with Crippen molar-refractivity contribution in [2.24, 2.45) is 0 Å². The standard InChI is InChI=1S/C41H59O3P/c1-27(2)28-18-21-34(31(24-28)39(9,10)11)42-45(43-35-22-19-29(37(3,4)5)25-32(35)40(12,13)14)44-36-23-20-30(38(6,7)8)26-33(36)41(15,16)17/h18-26H,1H2,2-17H3. The SMILES string of the molecule is C=C(C)c1ccc(OP(Oc2ccc(C(C)(C)C)cc2C(C)(C)C)Oc2ccc(C(C)(C)C)cc2C(C)(C)C)c(C(C)(C)C)c1. The molecule has 0 fully saturated rings. The van der Waals surface area contributed by atoms with Crippen LogP contribution in [0.2, 0.25) is 0 Å². The van der Waals surface area contributed by atoms with Gasteiger partial charge in [0.15, 0.2) is 0 Å². The van der Waals surface area contributed by atoms with Crippen LogP contribution in [0.15, 0.2) is 61.2 Å². The second-order valence-electron chi connectivity index (χ2n) is 17.7. The molecule has 246 valence electrons. The van der Waals surface area contributed by atoms with E-state index in [1.165, 1.54) is 11.1 Å². The number of rotatable bonds is 7. The summed E-state index contributed by atoms with van der Waals surface area (Å²) in [6.45, 7) is 39.6. The van der Waals surface area contributed by atoms with Crippen molar-refractivity contribution in [2.45, 2.75) is 138 Å². The lowest BCUT2D eigenvalue weighted by Crippen LogP contribution is -2.19. The zero-order valence-electron chi connectivity index (χ0n) is 31.1. The van der Waals surface area contributed by atoms with E-state index in [0.29, 0.717) is 0 Å². The predicted molar refractivity (Wildman–Crippen MR) is 196 cm³/mol. The Labute approximate surface area is 276 Å². The first-order valence-electron chi connectivity index (χ1n) is 16.2. The third kappa shape index (κ3) is 9.38. The highest BCUT2D eigenvalue weighted by Gasteiger charge is 2.32. The van der Waals surface area contributed by atoms with Gasteiger partial charge in [0, 0.05) is 16.7 Å². The van der Waals surface area contributed by atoms with E-state index in [1.807, 2.05) is 13.0 Å². The van der Waals surface area contributed by atoms with Crippen LogP contribution in [0, 0.1) is 0 Å². The Morgan fingerprint density at radius 2 is 0.778 bits per heavy atom. The molecule has 3 nitrogen and oxygen atoms in total. The summed E-state index contributed by atoms with van der Waals surface area (Å²) in [5.74, 6) is 2.31. The van der Waals surface area contributed by atoms with Crippen molar-refractivity contribution < 1.29 is 13.6 Å². The first-order valence-corrected chi connectivity index (χ1v) is 17.3. The van der Waals surface area contributed by atoms with Gasteiger partial charge in [-0.15, -0.1) is 0 Å². The Morgan fingerprint density at radius 3 is 1.07 bits per heavy atom. The van der Waals surface area contributed by atoms with Crippen molar-refractivity contribution in [3.63, 3.8) is 0 Å². The van der Waals surface area contributed by atoms with Crippen LogP contribution in [0.25, 0.3) is 5.57 Å². The molecule has 0 aliphatic heterocycles. The summed E-state index contributed by atoms with van der Waals surface area (Å²) in [7, 11) is -1.90. The second kappa shape index (κ2) is 12.8. The van der Waals surface area contributed by atoms with Crippen molar-refractivity contribution >= 4 is 14.2 Å². The molecule has 3 aromatic carbocycles. The van der Waals surface area contributed by atoms with E-state index in [-0.39, 0.29) is 27.1 Å². The largest absolute Gasteiger partial charge is 0.530 e. The van der Waals surface area contributed by atoms with Crippen LogP contribution in [0.3, 0.4) is 0 Å². The van der Waals surface area contributed by atoms with Crippen LogP contribution in [0.1, 0.15) is 144 Å². The highest BCUT2D eigenvalue weighted by molar-refractivity contribution is 7.43. The molecule has 0 aromatic heterocycles. The first kappa shape index (κ1) is 36.7. The minimum absolute atomic E-state index is 0.0132. The van der Waals surface area contributed by atoms with Gasteiger partial charge in [-0.3, -0.25) is 0 Å². The molecule has 0 bridgehead atoms. The summed E-state index contributed by atoms with van der Waals surface area (Å²) in [6.07, 6.45) is 0. The minimum Gasteiger partial charge on any atom is -0.408 e. The summed E-state index contributed by atoms with van der Waals surface area (Å²) in [5.41, 5.74) is 7.54. The number of benzene rings is 3. The number of allylic oxidation sites excluding steroid dienone is 1. The van der Waals surface area contributed by atoms with Crippen molar-refractivity contribution in [2.75, 3.05) is 0 Å². The third-order valence-corrected chi connectivity index (χ3v) is 9.14. The number of hydrogen-bond donors (Lipinski definition) is 0. The summed E-state index contributed by atoms with van der Waals surface area (Å²) >= 11 is 0. The van der Waals surface area contributed by atoms with Gasteiger partial charge in [0.2, 0.25) is 0 Å². The molecule has 0 aliphatic rings. The molecule has 45 heavy (non-hydrogen) atoms. The third-order valence-electron chi connectivity index (χ3n) is 8.11. The average Bonchev–Trinajstić information content (AvgIpc) is 2.86. The van der Waals surface area contributed by atoms with Crippen LogP contribution in [0.5, 0.6) is 17.2 Å². The average molecular weight is 631 g/mol. The van der Waals surface area contributed by atoms with E-state index in [9.17, 15) is 0 Å². The van der Waals surface area contributed by atoms with Crippen LogP contribution < -0.4 is 13.6 Å². The van der Waals surface area contributed by atoms with Crippen LogP contribution >= 0.6 is 8.60 Å². The van der Waals surface area contributed by atoms with Crippen LogP contribution in [0.4, 0.5) is 0 Å². The summed E-state index contributed by atoms with van der Waals surface area (Å²) in [6, 6.07) is 19.4. The van der Waals surface area contributed by atoms with Crippen molar-refractivity contribution in [1.82, 2.24) is 0 Å². The Balaban J connectivity index is 2.23. The van der Waals surface area contributed by atoms with Crippen molar-refractivity contribution in [3.05, 3.63) is 94.6 Å². The fraction of sp³-hybridized carbons (Fsp3) is 0.512. The van der Waals surface area contributed by atoms with Crippen molar-refractivity contribution in [1.29, 1.82) is 0 Å². The van der Waals surface area contributed by atoms with Gasteiger partial charge in [-0.05, 0) is 75.0 Å². The molecule has 0 saturated heterocycles. The number of hydrogen-bond acceptors (Lipinski definition) is 3. The molecule has 0 heterocycles. The maximum atomic E-state index is 6.86. The van der Waals surface area contributed by atoms with E-state index in [0.717, 1.165) is 45.1 Å². The minimum atomic E-state index is -1.90. The fourth-order valence-corrected chi connectivity index (χ4v) is 6.15. The van der Waals surface area contributed by atoms with Gasteiger partial charge in [0.25, 0.3) is 0 Å². The molecule has 3 aromatic rings. The molecule has 0 aliphatic carbocycles. The maximum Gasteiger partial charge on any atom is 0.530 e. The highest BCUT2D eigenvalue weighted by atomic mass is 31.2. The molecule has 0 radical (unpaired) electrons.